The molecule has 0 saturated carbocycles. The molecule has 0 aliphatic rings. The van der Waals surface area contributed by atoms with Gasteiger partial charge in [0, 0.05) is 30.0 Å². The minimum Gasteiger partial charge on any atom is -0.392 e. The minimum atomic E-state index is -0.139. The fraction of sp³-hybridized carbons (Fsp3) is 0.167. The van der Waals surface area contributed by atoms with Crippen molar-refractivity contribution in [3.63, 3.8) is 0 Å². The summed E-state index contributed by atoms with van der Waals surface area (Å²) in [6.45, 7) is -0.139. The highest BCUT2D eigenvalue weighted by molar-refractivity contribution is 9.10. The van der Waals surface area contributed by atoms with Crippen LogP contribution in [0.2, 0.25) is 5.02 Å². The molecule has 1 N–H and O–H groups in total. The molecule has 7 heteroatoms. The molecule has 98 valence electrons. The number of aromatic nitrogens is 4. The van der Waals surface area contributed by atoms with Crippen LogP contribution in [0.4, 0.5) is 0 Å². The Labute approximate surface area is 122 Å². The topological polar surface area (TPSA) is 55.3 Å². The van der Waals surface area contributed by atoms with Gasteiger partial charge in [-0.1, -0.05) is 11.6 Å². The maximum Gasteiger partial charge on any atom is 0.149 e. The molecule has 0 amide bonds. The summed E-state index contributed by atoms with van der Waals surface area (Å²) in [6, 6.07) is 1.74. The summed E-state index contributed by atoms with van der Waals surface area (Å²) < 4.78 is 4.25. The highest BCUT2D eigenvalue weighted by Crippen LogP contribution is 2.31. The highest BCUT2D eigenvalue weighted by atomic mass is 79.9. The van der Waals surface area contributed by atoms with Gasteiger partial charge in [-0.3, -0.25) is 9.08 Å². The quantitative estimate of drug-likeness (QED) is 0.779. The Morgan fingerprint density at radius 1 is 1.47 bits per heavy atom. The first kappa shape index (κ1) is 12.7. The molecule has 0 radical (unpaired) electrons. The van der Waals surface area contributed by atoms with Crippen molar-refractivity contribution in [3.8, 4) is 11.4 Å². The van der Waals surface area contributed by atoms with Crippen molar-refractivity contribution in [2.45, 2.75) is 6.61 Å². The predicted octanol–water partition coefficient (Wildman–Crippen LogP) is 2.64. The molecule has 0 saturated heterocycles. The smallest absolute Gasteiger partial charge is 0.149 e. The largest absolute Gasteiger partial charge is 0.392 e. The van der Waals surface area contributed by atoms with E-state index in [0.717, 1.165) is 16.9 Å². The average molecular weight is 342 g/mol. The Hall–Kier alpha value is -1.37. The first-order chi connectivity index (χ1) is 9.11. The summed E-state index contributed by atoms with van der Waals surface area (Å²) >= 11 is 9.52. The number of fused-ring (bicyclic) bond motifs is 1. The molecule has 0 aliphatic carbocycles. The number of aryl methyl sites for hydroxylation is 1. The molecule has 19 heavy (non-hydrogen) atoms. The van der Waals surface area contributed by atoms with Gasteiger partial charge in [0.2, 0.25) is 0 Å². The maximum atomic E-state index is 9.46. The molecule has 0 atom stereocenters. The van der Waals surface area contributed by atoms with Crippen LogP contribution in [0.25, 0.3) is 16.9 Å². The van der Waals surface area contributed by atoms with Crippen LogP contribution in [-0.2, 0) is 13.7 Å². The zero-order chi connectivity index (χ0) is 13.6. The monoisotopic (exact) mass is 340 g/mol. The first-order valence-corrected chi connectivity index (χ1v) is 6.73. The van der Waals surface area contributed by atoms with Crippen molar-refractivity contribution in [1.29, 1.82) is 0 Å². The van der Waals surface area contributed by atoms with Gasteiger partial charge in [-0.2, -0.15) is 5.10 Å². The molecule has 0 unspecified atom stereocenters. The Morgan fingerprint density at radius 3 is 2.89 bits per heavy atom. The number of nitrogens with zero attached hydrogens (tertiary/aromatic N) is 4. The molecule has 5 nitrogen and oxygen atoms in total. The SMILES string of the molecule is Cn1cc(-c2nc(Br)c3c(CO)c(Cl)ccn23)cn1. The van der Waals surface area contributed by atoms with E-state index in [1.165, 1.54) is 0 Å². The van der Waals surface area contributed by atoms with E-state index in [2.05, 4.69) is 26.0 Å². The third-order valence-electron chi connectivity index (χ3n) is 2.93. The highest BCUT2D eigenvalue weighted by Gasteiger charge is 2.16. The fourth-order valence-corrected chi connectivity index (χ4v) is 2.87. The molecule has 3 aromatic heterocycles. The van der Waals surface area contributed by atoms with E-state index in [4.69, 9.17) is 11.6 Å². The molecule has 0 spiro atoms. The number of halogens is 2. The van der Waals surface area contributed by atoms with Crippen LogP contribution in [0.5, 0.6) is 0 Å². The van der Waals surface area contributed by atoms with E-state index in [-0.39, 0.29) is 6.61 Å². The Balaban J connectivity index is 2.34. The van der Waals surface area contributed by atoms with E-state index in [9.17, 15) is 5.11 Å². The molecule has 3 rings (SSSR count). The lowest BCUT2D eigenvalue weighted by Crippen LogP contribution is -1.94. The maximum absolute atomic E-state index is 9.46. The van der Waals surface area contributed by atoms with Crippen LogP contribution in [0, 0.1) is 0 Å². The molecule has 0 fully saturated rings. The van der Waals surface area contributed by atoms with Gasteiger partial charge < -0.3 is 5.11 Å². The zero-order valence-electron chi connectivity index (χ0n) is 10.0. The number of hydrogen-bond donors (Lipinski definition) is 1. The van der Waals surface area contributed by atoms with Crippen molar-refractivity contribution in [1.82, 2.24) is 19.2 Å². The number of imidazole rings is 1. The van der Waals surface area contributed by atoms with Gasteiger partial charge in [0.15, 0.2) is 0 Å². The molecular weight excluding hydrogens is 332 g/mol. The van der Waals surface area contributed by atoms with Crippen molar-refractivity contribution in [3.05, 3.63) is 39.8 Å². The van der Waals surface area contributed by atoms with Gasteiger partial charge >= 0.3 is 0 Å². The van der Waals surface area contributed by atoms with Crippen LogP contribution in [0.1, 0.15) is 5.56 Å². The van der Waals surface area contributed by atoms with E-state index < -0.39 is 0 Å². The van der Waals surface area contributed by atoms with Gasteiger partial charge in [-0.25, -0.2) is 4.98 Å². The predicted molar refractivity (Wildman–Crippen MR) is 76.0 cm³/mol. The summed E-state index contributed by atoms with van der Waals surface area (Å²) in [5, 5.41) is 14.1. The Kier molecular flexibility index (Phi) is 3.08. The number of aliphatic hydroxyl groups is 1. The van der Waals surface area contributed by atoms with Crippen LogP contribution in [-0.4, -0.2) is 24.3 Å². The number of hydrogen-bond acceptors (Lipinski definition) is 3. The lowest BCUT2D eigenvalue weighted by molar-refractivity contribution is 0.283. The Morgan fingerprint density at radius 2 is 2.26 bits per heavy atom. The van der Waals surface area contributed by atoms with Gasteiger partial charge in [-0.15, -0.1) is 0 Å². The lowest BCUT2D eigenvalue weighted by Gasteiger charge is -2.05. The average Bonchev–Trinajstić information content (AvgIpc) is 2.94. The van der Waals surface area contributed by atoms with Gasteiger partial charge in [0.05, 0.1) is 23.9 Å². The second-order valence-corrected chi connectivity index (χ2v) is 5.31. The van der Waals surface area contributed by atoms with E-state index in [1.807, 2.05) is 23.8 Å². The minimum absolute atomic E-state index is 0.139. The van der Waals surface area contributed by atoms with Gasteiger partial charge in [0.1, 0.15) is 10.4 Å². The lowest BCUT2D eigenvalue weighted by atomic mass is 10.2. The second kappa shape index (κ2) is 4.63. The standard InChI is InChI=1S/C12H10BrClN4O/c1-17-5-7(4-15-17)12-16-11(13)10-8(6-19)9(14)2-3-18(10)12/h2-5,19H,6H2,1H3. The fourth-order valence-electron chi connectivity index (χ4n) is 2.06. The van der Waals surface area contributed by atoms with Crippen molar-refractivity contribution in [2.75, 3.05) is 0 Å². The summed E-state index contributed by atoms with van der Waals surface area (Å²) in [6.07, 6.45) is 5.46. The number of rotatable bonds is 2. The summed E-state index contributed by atoms with van der Waals surface area (Å²) in [4.78, 5) is 4.48. The summed E-state index contributed by atoms with van der Waals surface area (Å²) in [5.41, 5.74) is 2.32. The molecule has 0 aliphatic heterocycles. The van der Waals surface area contributed by atoms with Crippen molar-refractivity contribution in [2.24, 2.45) is 7.05 Å². The van der Waals surface area contributed by atoms with Crippen molar-refractivity contribution < 1.29 is 5.11 Å². The van der Waals surface area contributed by atoms with E-state index in [0.29, 0.717) is 15.2 Å². The van der Waals surface area contributed by atoms with Gasteiger partial charge in [0.25, 0.3) is 0 Å². The second-order valence-electron chi connectivity index (χ2n) is 4.15. The molecule has 0 aromatic carbocycles. The Bertz CT molecular complexity index is 765. The van der Waals surface area contributed by atoms with E-state index in [1.54, 1.807) is 16.9 Å². The third kappa shape index (κ3) is 1.96. The molecular formula is C12H10BrClN4O. The van der Waals surface area contributed by atoms with Crippen LogP contribution in [0.15, 0.2) is 29.3 Å². The normalized spacial score (nSPS) is 11.4. The van der Waals surface area contributed by atoms with Crippen LogP contribution in [0.3, 0.4) is 0 Å². The summed E-state index contributed by atoms with van der Waals surface area (Å²) in [7, 11) is 1.85. The van der Waals surface area contributed by atoms with Gasteiger partial charge in [-0.05, 0) is 22.0 Å². The third-order valence-corrected chi connectivity index (χ3v) is 3.84. The van der Waals surface area contributed by atoms with E-state index >= 15 is 0 Å². The van der Waals surface area contributed by atoms with Crippen LogP contribution >= 0.6 is 27.5 Å². The zero-order valence-corrected chi connectivity index (χ0v) is 12.4. The van der Waals surface area contributed by atoms with Crippen LogP contribution < -0.4 is 0 Å². The molecule has 3 aromatic rings. The number of aliphatic hydroxyl groups excluding tert-OH is 1. The first-order valence-electron chi connectivity index (χ1n) is 5.56. The van der Waals surface area contributed by atoms with Crippen molar-refractivity contribution >= 4 is 33.0 Å². The summed E-state index contributed by atoms with van der Waals surface area (Å²) in [5.74, 6) is 0.751. The number of pyridine rings is 1. The molecule has 3 heterocycles. The molecule has 0 bridgehead atoms.